The molecular weight excluding hydrogens is 511 g/mol. The van der Waals surface area contributed by atoms with Gasteiger partial charge in [0.05, 0.1) is 18.1 Å². The Morgan fingerprint density at radius 3 is 2.38 bits per heavy atom. The second kappa shape index (κ2) is 10.3. The van der Waals surface area contributed by atoms with Gasteiger partial charge < -0.3 is 15.5 Å². The molecule has 2 heterocycles. The maximum absolute atomic E-state index is 13.1. The van der Waals surface area contributed by atoms with E-state index in [4.69, 9.17) is 0 Å². The minimum Gasteiger partial charge on any atom is -0.326 e. The Bertz CT molecular complexity index is 1250. The molecule has 13 heteroatoms. The summed E-state index contributed by atoms with van der Waals surface area (Å²) in [7, 11) is -3.31. The Labute approximate surface area is 212 Å². The number of alkyl halides is 3. The van der Waals surface area contributed by atoms with Gasteiger partial charge in [-0.25, -0.2) is 22.9 Å². The van der Waals surface area contributed by atoms with Crippen LogP contribution in [0.1, 0.15) is 43.4 Å². The number of amides is 3. The Kier molecular flexibility index (Phi) is 7.47. The van der Waals surface area contributed by atoms with Crippen molar-refractivity contribution < 1.29 is 31.2 Å². The number of nitrogens with zero attached hydrogens (tertiary/aromatic N) is 2. The van der Waals surface area contributed by atoms with Crippen molar-refractivity contribution in [2.24, 2.45) is 0 Å². The van der Waals surface area contributed by atoms with Crippen LogP contribution >= 0.6 is 0 Å². The first-order valence-electron chi connectivity index (χ1n) is 11.8. The molecule has 1 aromatic carbocycles. The van der Waals surface area contributed by atoms with Crippen LogP contribution in [0.4, 0.5) is 29.3 Å². The SMILES string of the molecule is CS(=O)(=O)NCC1(c2ccc(N3CCC[C@@H](NC(=O)Nc4ccc(C(F)(F)F)nc4)C3=O)cc2)CCC1. The third kappa shape index (κ3) is 6.39. The minimum absolute atomic E-state index is 0.0662. The predicted octanol–water partition coefficient (Wildman–Crippen LogP) is 3.39. The fourth-order valence-electron chi connectivity index (χ4n) is 4.66. The van der Waals surface area contributed by atoms with E-state index in [1.165, 1.54) is 0 Å². The maximum Gasteiger partial charge on any atom is 0.433 e. The molecule has 1 aliphatic heterocycles. The number of carbonyl (C=O) groups is 2. The van der Waals surface area contributed by atoms with E-state index in [1.54, 1.807) is 4.90 Å². The van der Waals surface area contributed by atoms with Crippen molar-refractivity contribution in [3.05, 3.63) is 53.9 Å². The molecule has 0 bridgehead atoms. The molecule has 200 valence electrons. The quantitative estimate of drug-likeness (QED) is 0.498. The van der Waals surface area contributed by atoms with Crippen LogP contribution in [0.2, 0.25) is 0 Å². The number of anilines is 2. The number of rotatable bonds is 7. The molecule has 2 aromatic rings. The molecule has 1 aliphatic carbocycles. The van der Waals surface area contributed by atoms with E-state index in [-0.39, 0.29) is 17.0 Å². The highest BCUT2D eigenvalue weighted by Gasteiger charge is 2.39. The lowest BCUT2D eigenvalue weighted by Gasteiger charge is -2.42. The molecule has 37 heavy (non-hydrogen) atoms. The first kappa shape index (κ1) is 26.9. The molecule has 0 spiro atoms. The molecular formula is C24H28F3N5O4S. The lowest BCUT2D eigenvalue weighted by Crippen LogP contribution is -2.53. The van der Waals surface area contributed by atoms with Crippen LogP contribution in [-0.2, 0) is 26.4 Å². The first-order valence-corrected chi connectivity index (χ1v) is 13.7. The highest BCUT2D eigenvalue weighted by atomic mass is 32.2. The molecule has 3 amide bonds. The Morgan fingerprint density at radius 2 is 1.84 bits per heavy atom. The Hall–Kier alpha value is -3.19. The van der Waals surface area contributed by atoms with Gasteiger partial charge in [-0.05, 0) is 55.5 Å². The van der Waals surface area contributed by atoms with Gasteiger partial charge in [0.2, 0.25) is 15.9 Å². The molecule has 1 atom stereocenters. The van der Waals surface area contributed by atoms with Crippen molar-refractivity contribution in [1.29, 1.82) is 0 Å². The summed E-state index contributed by atoms with van der Waals surface area (Å²) >= 11 is 0. The zero-order valence-corrected chi connectivity index (χ0v) is 21.0. The van der Waals surface area contributed by atoms with Crippen LogP contribution in [0, 0.1) is 0 Å². The average Bonchev–Trinajstić information content (AvgIpc) is 2.79. The highest BCUT2D eigenvalue weighted by Crippen LogP contribution is 2.43. The zero-order chi connectivity index (χ0) is 26.8. The second-order valence-corrected chi connectivity index (χ2v) is 11.3. The van der Waals surface area contributed by atoms with E-state index in [9.17, 15) is 31.2 Å². The first-order chi connectivity index (χ1) is 17.4. The van der Waals surface area contributed by atoms with E-state index >= 15 is 0 Å². The van der Waals surface area contributed by atoms with Gasteiger partial charge >= 0.3 is 12.2 Å². The van der Waals surface area contributed by atoms with Crippen LogP contribution in [0.5, 0.6) is 0 Å². The number of nitrogens with one attached hydrogen (secondary N) is 3. The molecule has 3 N–H and O–H groups in total. The highest BCUT2D eigenvalue weighted by molar-refractivity contribution is 7.88. The normalized spacial score (nSPS) is 19.7. The summed E-state index contributed by atoms with van der Waals surface area (Å²) in [5.41, 5.74) is 0.400. The lowest BCUT2D eigenvalue weighted by molar-refractivity contribution is -0.141. The molecule has 1 saturated carbocycles. The molecule has 0 unspecified atom stereocenters. The molecule has 9 nitrogen and oxygen atoms in total. The van der Waals surface area contributed by atoms with Crippen molar-refractivity contribution in [3.8, 4) is 0 Å². The van der Waals surface area contributed by atoms with Crippen molar-refractivity contribution in [1.82, 2.24) is 15.0 Å². The Morgan fingerprint density at radius 1 is 1.14 bits per heavy atom. The van der Waals surface area contributed by atoms with Gasteiger partial charge in [-0.15, -0.1) is 0 Å². The number of sulfonamides is 1. The molecule has 0 radical (unpaired) electrons. The van der Waals surface area contributed by atoms with Crippen molar-refractivity contribution >= 4 is 33.3 Å². The van der Waals surface area contributed by atoms with Crippen LogP contribution in [-0.4, -0.2) is 50.7 Å². The van der Waals surface area contributed by atoms with Crippen LogP contribution < -0.4 is 20.3 Å². The van der Waals surface area contributed by atoms with E-state index in [0.717, 1.165) is 49.4 Å². The second-order valence-electron chi connectivity index (χ2n) is 9.49. The molecule has 4 rings (SSSR count). The number of hydrogen-bond donors (Lipinski definition) is 3. The smallest absolute Gasteiger partial charge is 0.326 e. The number of hydrogen-bond acceptors (Lipinski definition) is 5. The van der Waals surface area contributed by atoms with Crippen LogP contribution in [0.15, 0.2) is 42.6 Å². The fourth-order valence-corrected chi connectivity index (χ4v) is 5.20. The van der Waals surface area contributed by atoms with E-state index in [0.29, 0.717) is 31.6 Å². The van der Waals surface area contributed by atoms with Gasteiger partial charge in [0, 0.05) is 24.2 Å². The summed E-state index contributed by atoms with van der Waals surface area (Å²) in [5, 5.41) is 4.99. The monoisotopic (exact) mass is 539 g/mol. The van der Waals surface area contributed by atoms with E-state index in [2.05, 4.69) is 20.3 Å². The summed E-state index contributed by atoms with van der Waals surface area (Å²) < 4.78 is 63.7. The number of benzene rings is 1. The van der Waals surface area contributed by atoms with Gasteiger partial charge in [-0.1, -0.05) is 18.6 Å². The van der Waals surface area contributed by atoms with Crippen molar-refractivity contribution in [2.75, 3.05) is 29.6 Å². The van der Waals surface area contributed by atoms with E-state index < -0.39 is 34.0 Å². The summed E-state index contributed by atoms with van der Waals surface area (Å²) in [6, 6.07) is 7.80. The molecule has 2 fully saturated rings. The minimum atomic E-state index is -4.58. The van der Waals surface area contributed by atoms with Crippen molar-refractivity contribution in [2.45, 2.75) is 49.7 Å². The molecule has 2 aliphatic rings. The Balaban J connectivity index is 1.38. The number of piperidine rings is 1. The summed E-state index contributed by atoms with van der Waals surface area (Å²) in [4.78, 5) is 30.4. The summed E-state index contributed by atoms with van der Waals surface area (Å²) in [6.45, 7) is 0.797. The zero-order valence-electron chi connectivity index (χ0n) is 20.1. The fraction of sp³-hybridized carbons (Fsp3) is 0.458. The summed E-state index contributed by atoms with van der Waals surface area (Å²) in [6.07, 6.45) is 1.27. The van der Waals surface area contributed by atoms with E-state index in [1.807, 2.05) is 24.3 Å². The standard InChI is InChI=1S/C24H28F3N5O4S/c1-37(35,36)29-15-23(11-3-12-23)16-5-8-18(9-6-16)32-13-2-4-19(21(32)33)31-22(34)30-17-7-10-20(28-14-17)24(25,26)27/h5-10,14,19,29H,2-4,11-13,15H2,1H3,(H2,30,31,34)/t19-/m1/s1. The predicted molar refractivity (Wildman–Crippen MR) is 132 cm³/mol. The number of carbonyl (C=O) groups excluding carboxylic acids is 2. The van der Waals surface area contributed by atoms with Gasteiger partial charge in [-0.3, -0.25) is 4.79 Å². The maximum atomic E-state index is 13.1. The van der Waals surface area contributed by atoms with Crippen LogP contribution in [0.3, 0.4) is 0 Å². The van der Waals surface area contributed by atoms with Crippen molar-refractivity contribution in [3.63, 3.8) is 0 Å². The van der Waals surface area contributed by atoms with Gasteiger partial charge in [0.15, 0.2) is 0 Å². The third-order valence-corrected chi connectivity index (χ3v) is 7.50. The topological polar surface area (TPSA) is 120 Å². The average molecular weight is 540 g/mol. The summed E-state index contributed by atoms with van der Waals surface area (Å²) in [5.74, 6) is -0.295. The molecule has 1 aromatic heterocycles. The number of urea groups is 1. The number of pyridine rings is 1. The number of halogens is 3. The van der Waals surface area contributed by atoms with Gasteiger partial charge in [0.1, 0.15) is 11.7 Å². The largest absolute Gasteiger partial charge is 0.433 e. The van der Waals surface area contributed by atoms with Crippen LogP contribution in [0.25, 0.3) is 0 Å². The molecule has 1 saturated heterocycles. The van der Waals surface area contributed by atoms with Gasteiger partial charge in [0.25, 0.3) is 0 Å². The lowest BCUT2D eigenvalue weighted by atomic mass is 9.64. The third-order valence-electron chi connectivity index (χ3n) is 6.83. The number of aromatic nitrogens is 1. The van der Waals surface area contributed by atoms with Gasteiger partial charge in [-0.2, -0.15) is 13.2 Å².